The fourth-order valence-corrected chi connectivity index (χ4v) is 5.72. The van der Waals surface area contributed by atoms with Gasteiger partial charge in [-0.3, -0.25) is 9.59 Å². The van der Waals surface area contributed by atoms with Crippen LogP contribution in [0.25, 0.3) is 33.6 Å². The van der Waals surface area contributed by atoms with Crippen LogP contribution < -0.4 is 0 Å². The van der Waals surface area contributed by atoms with Crippen LogP contribution in [-0.4, -0.2) is 45.0 Å². The predicted octanol–water partition coefficient (Wildman–Crippen LogP) is 8.70. The number of nitrogens with zero attached hydrogens (tertiary/aromatic N) is 2. The molecule has 0 radical (unpaired) electrons. The highest BCUT2D eigenvalue weighted by Crippen LogP contribution is 2.48. The molecule has 0 N–H and O–H groups in total. The van der Waals surface area contributed by atoms with Crippen LogP contribution in [0.4, 0.5) is 9.59 Å². The van der Waals surface area contributed by atoms with Crippen molar-refractivity contribution in [2.45, 2.75) is 52.7 Å². The minimum atomic E-state index is -0.932. The molecule has 0 unspecified atom stereocenters. The topological polar surface area (TPSA) is 93.2 Å². The average molecular weight is 641 g/mol. The summed E-state index contributed by atoms with van der Waals surface area (Å²) in [7, 11) is 0. The molecule has 2 heterocycles. The molecule has 0 saturated heterocycles. The molecule has 2 aliphatic rings. The van der Waals surface area contributed by atoms with Gasteiger partial charge >= 0.3 is 12.2 Å². The van der Waals surface area contributed by atoms with Gasteiger partial charge in [-0.15, -0.1) is 0 Å². The lowest BCUT2D eigenvalue weighted by atomic mass is 9.98. The molecule has 0 fully saturated rings. The SMILES string of the molecule is CC(C)(C)OC(=O)N1C(=O)C2=C(c3ccc(-c4ccccc4)cc3)N(C(=O)OC(C)(C)C)C(=O)C2=C1c1ccc(-c2ccccc2)cc1. The van der Waals surface area contributed by atoms with Crippen molar-refractivity contribution in [2.24, 2.45) is 0 Å². The maximum atomic E-state index is 14.5. The van der Waals surface area contributed by atoms with E-state index in [0.717, 1.165) is 32.1 Å². The number of ether oxygens (including phenoxy) is 2. The summed E-state index contributed by atoms with van der Waals surface area (Å²) in [5.41, 5.74) is 2.68. The van der Waals surface area contributed by atoms with Gasteiger partial charge in [0.1, 0.15) is 11.2 Å². The molecular formula is C40H36N2O6. The van der Waals surface area contributed by atoms with Gasteiger partial charge in [0.15, 0.2) is 0 Å². The van der Waals surface area contributed by atoms with E-state index in [2.05, 4.69) is 0 Å². The highest BCUT2D eigenvalue weighted by atomic mass is 16.6. The monoisotopic (exact) mass is 640 g/mol. The van der Waals surface area contributed by atoms with Crippen molar-refractivity contribution in [2.75, 3.05) is 0 Å². The second-order valence-electron chi connectivity index (χ2n) is 13.6. The van der Waals surface area contributed by atoms with Crippen molar-refractivity contribution < 1.29 is 28.7 Å². The number of rotatable bonds is 4. The number of hydrogen-bond donors (Lipinski definition) is 0. The summed E-state index contributed by atoms with van der Waals surface area (Å²) in [6.07, 6.45) is -1.86. The molecule has 48 heavy (non-hydrogen) atoms. The van der Waals surface area contributed by atoms with Crippen molar-refractivity contribution in [3.63, 3.8) is 0 Å². The summed E-state index contributed by atoms with van der Waals surface area (Å²) < 4.78 is 11.4. The van der Waals surface area contributed by atoms with Gasteiger partial charge in [0.25, 0.3) is 11.8 Å². The Hall–Kier alpha value is -5.76. The number of fused-ring (bicyclic) bond motifs is 1. The van der Waals surface area contributed by atoms with E-state index in [0.29, 0.717) is 11.1 Å². The Bertz CT molecular complexity index is 1830. The molecule has 0 atom stereocenters. The minimum Gasteiger partial charge on any atom is -0.443 e. The lowest BCUT2D eigenvalue weighted by Crippen LogP contribution is -2.40. The Morgan fingerprint density at radius 2 is 0.708 bits per heavy atom. The van der Waals surface area contributed by atoms with Gasteiger partial charge in [-0.25, -0.2) is 19.4 Å². The molecule has 8 nitrogen and oxygen atoms in total. The number of imide groups is 2. The average Bonchev–Trinajstić information content (AvgIpc) is 3.52. The van der Waals surface area contributed by atoms with E-state index < -0.39 is 35.2 Å². The van der Waals surface area contributed by atoms with Crippen molar-refractivity contribution in [1.82, 2.24) is 9.80 Å². The van der Waals surface area contributed by atoms with E-state index in [-0.39, 0.29) is 22.5 Å². The Kier molecular flexibility index (Phi) is 8.13. The quantitative estimate of drug-likeness (QED) is 0.222. The first-order valence-electron chi connectivity index (χ1n) is 15.7. The standard InChI is InChI=1S/C40H36N2O6/c1-39(2,3)47-37(45)41-33(29-21-17-27(18-22-29)25-13-9-7-10-14-25)31-32(35(41)43)34(42(36(31)44)38(46)48-40(4,5)6)30-23-19-28(20-24-30)26-15-11-8-12-16-26/h7-24H,1-6H3. The van der Waals surface area contributed by atoms with Crippen LogP contribution >= 0.6 is 0 Å². The summed E-state index contributed by atoms with van der Waals surface area (Å²) in [5, 5.41) is 0. The van der Waals surface area contributed by atoms with E-state index in [1.54, 1.807) is 65.8 Å². The maximum Gasteiger partial charge on any atom is 0.422 e. The van der Waals surface area contributed by atoms with Crippen molar-refractivity contribution in [1.29, 1.82) is 0 Å². The number of hydrogen-bond acceptors (Lipinski definition) is 6. The molecule has 2 aliphatic heterocycles. The lowest BCUT2D eigenvalue weighted by molar-refractivity contribution is -0.123. The van der Waals surface area contributed by atoms with E-state index in [1.807, 2.05) is 84.9 Å². The van der Waals surface area contributed by atoms with E-state index >= 15 is 0 Å². The van der Waals surface area contributed by atoms with Gasteiger partial charge < -0.3 is 9.47 Å². The van der Waals surface area contributed by atoms with Gasteiger partial charge in [0, 0.05) is 0 Å². The van der Waals surface area contributed by atoms with Crippen molar-refractivity contribution in [3.8, 4) is 22.3 Å². The summed E-state index contributed by atoms with van der Waals surface area (Å²) >= 11 is 0. The molecule has 0 saturated carbocycles. The first-order valence-corrected chi connectivity index (χ1v) is 15.7. The maximum absolute atomic E-state index is 14.5. The summed E-state index contributed by atoms with van der Waals surface area (Å²) in [5.74, 6) is -1.55. The minimum absolute atomic E-state index is 0.0401. The Morgan fingerprint density at radius 1 is 0.438 bits per heavy atom. The van der Waals surface area contributed by atoms with Crippen LogP contribution in [0.2, 0.25) is 0 Å². The molecule has 4 aromatic carbocycles. The highest BCUT2D eigenvalue weighted by molar-refractivity contribution is 6.35. The van der Waals surface area contributed by atoms with Crippen LogP contribution in [0.15, 0.2) is 120 Å². The van der Waals surface area contributed by atoms with Gasteiger partial charge in [-0.05, 0) is 74.9 Å². The predicted molar refractivity (Wildman–Crippen MR) is 184 cm³/mol. The molecule has 4 amide bonds. The van der Waals surface area contributed by atoms with Gasteiger partial charge in [0.2, 0.25) is 0 Å². The number of carbonyl (C=O) groups excluding carboxylic acids is 4. The first-order chi connectivity index (χ1) is 22.7. The van der Waals surface area contributed by atoms with Crippen LogP contribution in [0.5, 0.6) is 0 Å². The number of carbonyl (C=O) groups is 4. The molecule has 4 aromatic rings. The number of amides is 4. The Balaban J connectivity index is 1.56. The van der Waals surface area contributed by atoms with Crippen molar-refractivity contribution >= 4 is 35.4 Å². The zero-order valence-electron chi connectivity index (χ0n) is 27.7. The van der Waals surface area contributed by atoms with Crippen LogP contribution in [0, 0.1) is 0 Å². The number of benzene rings is 4. The zero-order chi connectivity index (χ0) is 34.4. The van der Waals surface area contributed by atoms with Crippen LogP contribution in [-0.2, 0) is 19.1 Å². The first kappa shape index (κ1) is 32.2. The molecule has 8 heteroatoms. The van der Waals surface area contributed by atoms with Gasteiger partial charge in [-0.2, -0.15) is 0 Å². The van der Waals surface area contributed by atoms with E-state index in [4.69, 9.17) is 9.47 Å². The smallest absolute Gasteiger partial charge is 0.422 e. The second-order valence-corrected chi connectivity index (χ2v) is 13.6. The molecule has 0 aromatic heterocycles. The van der Waals surface area contributed by atoms with E-state index in [1.165, 1.54) is 0 Å². The molecule has 0 spiro atoms. The molecule has 242 valence electrons. The van der Waals surface area contributed by atoms with E-state index in [9.17, 15) is 19.2 Å². The van der Waals surface area contributed by atoms with Crippen molar-refractivity contribution in [3.05, 3.63) is 131 Å². The molecule has 0 aliphatic carbocycles. The Labute approximate surface area is 279 Å². The molecule has 0 bridgehead atoms. The zero-order valence-corrected chi connectivity index (χ0v) is 27.7. The third-order valence-corrected chi connectivity index (χ3v) is 7.69. The fourth-order valence-electron chi connectivity index (χ4n) is 5.72. The fraction of sp³-hybridized carbons (Fsp3) is 0.200. The molecule has 6 rings (SSSR count). The third kappa shape index (κ3) is 6.17. The lowest BCUT2D eigenvalue weighted by Gasteiger charge is -2.27. The third-order valence-electron chi connectivity index (χ3n) is 7.69. The highest BCUT2D eigenvalue weighted by Gasteiger charge is 2.54. The largest absolute Gasteiger partial charge is 0.443 e. The summed E-state index contributed by atoms with van der Waals surface area (Å²) in [4.78, 5) is 58.2. The second kappa shape index (κ2) is 12.1. The normalized spacial score (nSPS) is 14.9. The summed E-state index contributed by atoms with van der Waals surface area (Å²) in [6.45, 7) is 10.2. The van der Waals surface area contributed by atoms with Crippen LogP contribution in [0.1, 0.15) is 52.7 Å². The summed E-state index contributed by atoms with van der Waals surface area (Å²) in [6, 6.07) is 33.9. The Morgan fingerprint density at radius 3 is 1.00 bits per heavy atom. The van der Waals surface area contributed by atoms with Gasteiger partial charge in [-0.1, -0.05) is 109 Å². The molecular weight excluding hydrogens is 604 g/mol. The van der Waals surface area contributed by atoms with Crippen LogP contribution in [0.3, 0.4) is 0 Å². The van der Waals surface area contributed by atoms with Gasteiger partial charge in [0.05, 0.1) is 22.5 Å².